The summed E-state index contributed by atoms with van der Waals surface area (Å²) in [6.07, 6.45) is -5.20. The van der Waals surface area contributed by atoms with E-state index in [4.69, 9.17) is 21.1 Å². The van der Waals surface area contributed by atoms with Crippen molar-refractivity contribution in [3.8, 4) is 23.3 Å². The van der Waals surface area contributed by atoms with Gasteiger partial charge in [0.2, 0.25) is 0 Å². The molecule has 15 heteroatoms. The molecule has 0 unspecified atom stereocenters. The Hall–Kier alpha value is -4.51. The van der Waals surface area contributed by atoms with E-state index in [1.54, 1.807) is 37.8 Å². The van der Waals surface area contributed by atoms with Crippen LogP contribution >= 0.6 is 11.6 Å². The van der Waals surface area contributed by atoms with Crippen LogP contribution in [0.1, 0.15) is 33.6 Å². The third-order valence-corrected chi connectivity index (χ3v) is 7.56. The van der Waals surface area contributed by atoms with Crippen molar-refractivity contribution in [1.82, 2.24) is 19.9 Å². The van der Waals surface area contributed by atoms with Gasteiger partial charge < -0.3 is 19.3 Å². The number of alkyl halides is 3. The summed E-state index contributed by atoms with van der Waals surface area (Å²) >= 11 is 6.28. The Morgan fingerprint density at radius 3 is 2.59 bits per heavy atom. The molecule has 0 aliphatic carbocycles. The second-order valence-electron chi connectivity index (χ2n) is 11.6. The first kappa shape index (κ1) is 32.9. The Kier molecular flexibility index (Phi) is 9.08. The van der Waals surface area contributed by atoms with E-state index >= 15 is 4.39 Å². The first-order valence-electron chi connectivity index (χ1n) is 14.2. The average Bonchev–Trinajstić information content (AvgIpc) is 2.97. The molecule has 1 aliphatic rings. The van der Waals surface area contributed by atoms with Gasteiger partial charge in [-0.05, 0) is 32.2 Å². The molecule has 1 fully saturated rings. The molecule has 0 N–H and O–H groups in total. The Bertz CT molecular complexity index is 1840. The minimum Gasteiger partial charge on any atom is -0.463 e. The molecule has 1 saturated heterocycles. The smallest absolute Gasteiger partial charge is 0.410 e. The number of carbonyl (C=O) groups excluding carboxylic acids is 1. The predicted molar refractivity (Wildman–Crippen MR) is 161 cm³/mol. The first-order valence-corrected chi connectivity index (χ1v) is 14.6. The second-order valence-corrected chi connectivity index (χ2v) is 12.0. The molecular formula is C31H28ClF5N6O3. The highest BCUT2D eigenvalue weighted by Crippen LogP contribution is 2.38. The summed E-state index contributed by atoms with van der Waals surface area (Å²) < 4.78 is 80.3. The van der Waals surface area contributed by atoms with Crippen molar-refractivity contribution in [3.05, 3.63) is 53.2 Å². The van der Waals surface area contributed by atoms with Gasteiger partial charge in [-0.2, -0.15) is 28.4 Å². The number of aromatic nitrogens is 3. The van der Waals surface area contributed by atoms with E-state index in [0.29, 0.717) is 5.39 Å². The zero-order valence-electron chi connectivity index (χ0n) is 25.0. The second kappa shape index (κ2) is 12.7. The molecule has 5 rings (SSSR count). The molecule has 242 valence electrons. The van der Waals surface area contributed by atoms with Gasteiger partial charge in [-0.1, -0.05) is 35.9 Å². The summed E-state index contributed by atoms with van der Waals surface area (Å²) in [6, 6.07) is 8.36. The molecule has 0 spiro atoms. The number of nitrogens with zero attached hydrogens (tertiary/aromatic N) is 6. The normalized spacial score (nSPS) is 15.7. The molecule has 4 aromatic rings. The van der Waals surface area contributed by atoms with Crippen LogP contribution in [0.2, 0.25) is 5.02 Å². The Labute approximate surface area is 265 Å². The van der Waals surface area contributed by atoms with E-state index in [1.807, 2.05) is 0 Å². The molecule has 0 saturated carbocycles. The highest BCUT2D eigenvalue weighted by atomic mass is 35.5. The van der Waals surface area contributed by atoms with Gasteiger partial charge in [-0.25, -0.2) is 13.6 Å². The van der Waals surface area contributed by atoms with Crippen LogP contribution in [0.5, 0.6) is 6.01 Å². The van der Waals surface area contributed by atoms with Gasteiger partial charge in [0.1, 0.15) is 35.1 Å². The number of fused-ring (bicyclic) bond motifs is 2. The van der Waals surface area contributed by atoms with Crippen molar-refractivity contribution >= 4 is 45.2 Å². The fourth-order valence-corrected chi connectivity index (χ4v) is 5.44. The van der Waals surface area contributed by atoms with E-state index in [2.05, 4.69) is 21.0 Å². The number of piperazine rings is 1. The maximum Gasteiger partial charge on any atom is 0.410 e. The number of halogens is 6. The van der Waals surface area contributed by atoms with Crippen LogP contribution in [0, 0.1) is 23.0 Å². The number of nitriles is 1. The molecule has 0 radical (unpaired) electrons. The van der Waals surface area contributed by atoms with Gasteiger partial charge in [-0.3, -0.25) is 4.98 Å². The molecule has 2 aromatic heterocycles. The van der Waals surface area contributed by atoms with Crippen molar-refractivity contribution < 1.29 is 36.2 Å². The molecular weight excluding hydrogens is 635 g/mol. The van der Waals surface area contributed by atoms with Gasteiger partial charge in [0.25, 0.3) is 0 Å². The van der Waals surface area contributed by atoms with E-state index in [0.717, 1.165) is 0 Å². The number of ether oxygens (including phenoxy) is 2. The maximum atomic E-state index is 16.4. The number of anilines is 1. The zero-order chi connectivity index (χ0) is 33.4. The first-order chi connectivity index (χ1) is 21.7. The number of hydrogen-bond donors (Lipinski definition) is 0. The largest absolute Gasteiger partial charge is 0.463 e. The van der Waals surface area contributed by atoms with Crippen LogP contribution < -0.4 is 9.64 Å². The quantitative estimate of drug-likeness (QED) is 0.196. The zero-order valence-corrected chi connectivity index (χ0v) is 25.7. The number of carbonyl (C=O) groups is 1. The highest BCUT2D eigenvalue weighted by Gasteiger charge is 2.35. The highest BCUT2D eigenvalue weighted by molar-refractivity contribution is 6.36. The lowest BCUT2D eigenvalue weighted by atomic mass is 10.0. The number of pyridine rings is 1. The lowest BCUT2D eigenvalue weighted by molar-refractivity contribution is -0.139. The Balaban J connectivity index is 1.61. The van der Waals surface area contributed by atoms with E-state index < -0.39 is 54.6 Å². The summed E-state index contributed by atoms with van der Waals surface area (Å²) in [6.45, 7) is 4.63. The van der Waals surface area contributed by atoms with E-state index in [1.165, 1.54) is 29.3 Å². The number of benzene rings is 2. The van der Waals surface area contributed by atoms with Gasteiger partial charge >= 0.3 is 18.3 Å². The van der Waals surface area contributed by atoms with Crippen LogP contribution in [-0.2, 0) is 4.74 Å². The van der Waals surface area contributed by atoms with Crippen LogP contribution in [0.4, 0.5) is 32.6 Å². The molecule has 1 aliphatic heterocycles. The Morgan fingerprint density at radius 2 is 1.89 bits per heavy atom. The molecule has 46 heavy (non-hydrogen) atoms. The van der Waals surface area contributed by atoms with E-state index in [-0.39, 0.29) is 64.4 Å². The summed E-state index contributed by atoms with van der Waals surface area (Å²) in [5.74, 6) is -1.60. The van der Waals surface area contributed by atoms with Gasteiger partial charge in [-0.15, -0.1) is 0 Å². The maximum absolute atomic E-state index is 16.4. The van der Waals surface area contributed by atoms with Crippen LogP contribution in [0.3, 0.4) is 0 Å². The van der Waals surface area contributed by atoms with Crippen molar-refractivity contribution in [2.75, 3.05) is 31.1 Å². The lowest BCUT2D eigenvalue weighted by Crippen LogP contribution is -2.56. The summed E-state index contributed by atoms with van der Waals surface area (Å²) in [7, 11) is 0. The van der Waals surface area contributed by atoms with Crippen LogP contribution in [0.15, 0.2) is 36.5 Å². The molecule has 9 nitrogen and oxygen atoms in total. The van der Waals surface area contributed by atoms with Crippen LogP contribution in [-0.4, -0.2) is 70.0 Å². The van der Waals surface area contributed by atoms with Gasteiger partial charge in [0, 0.05) is 36.8 Å². The standard InChI is InChI=1S/C31H28ClF5N6O3/c1-30(2,3)46-29(44)43-13-12-42(16-18(43)9-11-38)27-20-15-39-25(19-6-4-5-17-7-8-21(33)23(32)22(17)19)24(34)26(20)40-28(41-27)45-14-10-31(35,36)37/h4-8,15,18H,9-10,12-14,16H2,1-3H3/t18-/m0/s1. The van der Waals surface area contributed by atoms with Crippen LogP contribution in [0.25, 0.3) is 32.9 Å². The number of rotatable bonds is 6. The van der Waals surface area contributed by atoms with Crippen molar-refractivity contribution in [3.63, 3.8) is 0 Å². The van der Waals surface area contributed by atoms with Crippen molar-refractivity contribution in [1.29, 1.82) is 5.26 Å². The number of amides is 1. The molecule has 3 heterocycles. The Morgan fingerprint density at radius 1 is 1.13 bits per heavy atom. The number of hydrogen-bond acceptors (Lipinski definition) is 8. The molecule has 2 aromatic carbocycles. The van der Waals surface area contributed by atoms with E-state index in [9.17, 15) is 27.6 Å². The third-order valence-electron chi connectivity index (χ3n) is 7.19. The summed E-state index contributed by atoms with van der Waals surface area (Å²) in [4.78, 5) is 28.7. The predicted octanol–water partition coefficient (Wildman–Crippen LogP) is 7.45. The molecule has 0 bridgehead atoms. The van der Waals surface area contributed by atoms with Gasteiger partial charge in [0.15, 0.2) is 5.82 Å². The summed E-state index contributed by atoms with van der Waals surface area (Å²) in [5, 5.41) is 10.1. The van der Waals surface area contributed by atoms with Crippen molar-refractivity contribution in [2.24, 2.45) is 0 Å². The van der Waals surface area contributed by atoms with Gasteiger partial charge in [0.05, 0.1) is 35.4 Å². The lowest BCUT2D eigenvalue weighted by Gasteiger charge is -2.41. The molecule has 1 atom stereocenters. The summed E-state index contributed by atoms with van der Waals surface area (Å²) in [5.41, 5.74) is -1.15. The van der Waals surface area contributed by atoms with Crippen molar-refractivity contribution in [2.45, 2.75) is 51.4 Å². The third kappa shape index (κ3) is 6.99. The fourth-order valence-electron chi connectivity index (χ4n) is 5.17. The minimum atomic E-state index is -4.52. The minimum absolute atomic E-state index is 0.0580. The SMILES string of the molecule is CC(C)(C)OC(=O)N1CCN(c2nc(OCCC(F)(F)F)nc3c(F)c(-c4cccc5ccc(F)c(Cl)c45)ncc23)C[C@@H]1CC#N. The monoisotopic (exact) mass is 662 g/mol. The average molecular weight is 663 g/mol. The topological polar surface area (TPSA) is 104 Å². The fraction of sp³-hybridized carbons (Fsp3) is 0.387. The molecule has 1 amide bonds.